The Hall–Kier alpha value is -1.84. The molecule has 4 heteroatoms. The molecule has 1 unspecified atom stereocenters. The maximum Gasteiger partial charge on any atom is 0.224 e. The Morgan fingerprint density at radius 3 is 3.06 bits per heavy atom. The Bertz CT molecular complexity index is 457. The van der Waals surface area contributed by atoms with Gasteiger partial charge in [0.05, 0.1) is 6.42 Å². The van der Waals surface area contributed by atoms with E-state index in [-0.39, 0.29) is 17.9 Å². The number of aryl methyl sites for hydroxylation is 1. The van der Waals surface area contributed by atoms with E-state index in [0.29, 0.717) is 19.4 Å². The summed E-state index contributed by atoms with van der Waals surface area (Å²) in [6, 6.07) is 7.89. The van der Waals surface area contributed by atoms with Crippen molar-refractivity contribution in [1.29, 1.82) is 0 Å². The second-order valence-corrected chi connectivity index (χ2v) is 4.77. The number of benzene rings is 1. The largest absolute Gasteiger partial charge is 0.356 e. The molecule has 0 spiro atoms. The highest BCUT2D eigenvalue weighted by Crippen LogP contribution is 2.07. The fourth-order valence-electron chi connectivity index (χ4n) is 2.19. The lowest BCUT2D eigenvalue weighted by Crippen LogP contribution is -2.45. The van der Waals surface area contributed by atoms with Gasteiger partial charge in [0, 0.05) is 19.0 Å². The molecule has 1 aliphatic heterocycles. The van der Waals surface area contributed by atoms with Crippen molar-refractivity contribution in [3.8, 4) is 0 Å². The molecule has 1 aromatic rings. The third-order valence-corrected chi connectivity index (χ3v) is 3.06. The molecule has 1 atom stereocenters. The second kappa shape index (κ2) is 5.67. The summed E-state index contributed by atoms with van der Waals surface area (Å²) < 4.78 is 0. The molecule has 0 aromatic heterocycles. The average Bonchev–Trinajstić information content (AvgIpc) is 2.28. The summed E-state index contributed by atoms with van der Waals surface area (Å²) in [5.41, 5.74) is 2.16. The Balaban J connectivity index is 1.86. The number of hydrogen-bond donors (Lipinski definition) is 2. The van der Waals surface area contributed by atoms with Crippen LogP contribution in [-0.4, -0.2) is 24.4 Å². The Kier molecular flexibility index (Phi) is 3.97. The van der Waals surface area contributed by atoms with Crippen LogP contribution in [0.5, 0.6) is 0 Å². The summed E-state index contributed by atoms with van der Waals surface area (Å²) >= 11 is 0. The normalized spacial score (nSPS) is 19.2. The first-order valence-electron chi connectivity index (χ1n) is 6.25. The molecule has 1 aliphatic rings. The van der Waals surface area contributed by atoms with Gasteiger partial charge in [0.2, 0.25) is 11.8 Å². The highest BCUT2D eigenvalue weighted by atomic mass is 16.2. The van der Waals surface area contributed by atoms with E-state index >= 15 is 0 Å². The molecule has 2 amide bonds. The zero-order chi connectivity index (χ0) is 13.0. The van der Waals surface area contributed by atoms with Crippen LogP contribution in [-0.2, 0) is 16.0 Å². The van der Waals surface area contributed by atoms with Crippen molar-refractivity contribution in [2.75, 3.05) is 6.54 Å². The van der Waals surface area contributed by atoms with E-state index in [4.69, 9.17) is 0 Å². The molecule has 18 heavy (non-hydrogen) atoms. The van der Waals surface area contributed by atoms with Gasteiger partial charge in [-0.3, -0.25) is 9.59 Å². The van der Waals surface area contributed by atoms with Gasteiger partial charge in [-0.15, -0.1) is 0 Å². The molecule has 96 valence electrons. The van der Waals surface area contributed by atoms with Gasteiger partial charge in [-0.1, -0.05) is 29.8 Å². The molecule has 1 aromatic carbocycles. The monoisotopic (exact) mass is 246 g/mol. The highest BCUT2D eigenvalue weighted by Gasteiger charge is 2.20. The molecule has 1 fully saturated rings. The number of carbonyl (C=O) groups excluding carboxylic acids is 2. The van der Waals surface area contributed by atoms with Gasteiger partial charge in [-0.2, -0.15) is 0 Å². The summed E-state index contributed by atoms with van der Waals surface area (Å²) in [7, 11) is 0. The van der Waals surface area contributed by atoms with Crippen molar-refractivity contribution in [3.05, 3.63) is 35.4 Å². The number of piperidine rings is 1. The van der Waals surface area contributed by atoms with Crippen LogP contribution in [0.4, 0.5) is 0 Å². The van der Waals surface area contributed by atoms with E-state index in [1.165, 1.54) is 0 Å². The third kappa shape index (κ3) is 3.58. The van der Waals surface area contributed by atoms with Crippen LogP contribution in [0, 0.1) is 6.92 Å². The quantitative estimate of drug-likeness (QED) is 0.833. The van der Waals surface area contributed by atoms with Crippen molar-refractivity contribution >= 4 is 11.8 Å². The fraction of sp³-hybridized carbons (Fsp3) is 0.429. The van der Waals surface area contributed by atoms with Gasteiger partial charge in [-0.05, 0) is 18.9 Å². The van der Waals surface area contributed by atoms with Crippen LogP contribution in [0.3, 0.4) is 0 Å². The number of carbonyl (C=O) groups is 2. The zero-order valence-corrected chi connectivity index (χ0v) is 10.5. The summed E-state index contributed by atoms with van der Waals surface area (Å²) in [4.78, 5) is 23.1. The van der Waals surface area contributed by atoms with Crippen LogP contribution < -0.4 is 10.6 Å². The molecule has 2 rings (SSSR count). The van der Waals surface area contributed by atoms with Crippen LogP contribution >= 0.6 is 0 Å². The molecule has 0 saturated carbocycles. The minimum atomic E-state index is -0.0175. The van der Waals surface area contributed by atoms with Crippen LogP contribution in [0.2, 0.25) is 0 Å². The van der Waals surface area contributed by atoms with Gasteiger partial charge in [-0.25, -0.2) is 0 Å². The molecule has 1 heterocycles. The van der Waals surface area contributed by atoms with Gasteiger partial charge >= 0.3 is 0 Å². The summed E-state index contributed by atoms with van der Waals surface area (Å²) in [5, 5.41) is 5.67. The molecule has 0 bridgehead atoms. The van der Waals surface area contributed by atoms with Crippen molar-refractivity contribution in [1.82, 2.24) is 10.6 Å². The van der Waals surface area contributed by atoms with E-state index in [0.717, 1.165) is 17.5 Å². The molecule has 2 N–H and O–H groups in total. The first-order chi connectivity index (χ1) is 8.63. The fourth-order valence-corrected chi connectivity index (χ4v) is 2.19. The van der Waals surface area contributed by atoms with Crippen molar-refractivity contribution in [3.63, 3.8) is 0 Å². The lowest BCUT2D eigenvalue weighted by Gasteiger charge is -2.23. The lowest BCUT2D eigenvalue weighted by molar-refractivity contribution is -0.124. The second-order valence-electron chi connectivity index (χ2n) is 4.77. The summed E-state index contributed by atoms with van der Waals surface area (Å²) in [5.74, 6) is 0.00223. The molecule has 0 radical (unpaired) electrons. The van der Waals surface area contributed by atoms with Crippen LogP contribution in [0.25, 0.3) is 0 Å². The first-order valence-corrected chi connectivity index (χ1v) is 6.25. The molecule has 4 nitrogen and oxygen atoms in total. The first kappa shape index (κ1) is 12.6. The van der Waals surface area contributed by atoms with Gasteiger partial charge in [0.1, 0.15) is 0 Å². The summed E-state index contributed by atoms with van der Waals surface area (Å²) in [6.07, 6.45) is 1.57. The van der Waals surface area contributed by atoms with Gasteiger partial charge in [0.15, 0.2) is 0 Å². The van der Waals surface area contributed by atoms with Crippen molar-refractivity contribution < 1.29 is 9.59 Å². The minimum absolute atomic E-state index is 0.0136. The van der Waals surface area contributed by atoms with E-state index in [9.17, 15) is 9.59 Å². The predicted octanol–water partition coefficient (Wildman–Crippen LogP) is 0.932. The van der Waals surface area contributed by atoms with Crippen LogP contribution in [0.15, 0.2) is 24.3 Å². The van der Waals surface area contributed by atoms with E-state index in [1.807, 2.05) is 31.2 Å². The number of amides is 2. The smallest absolute Gasteiger partial charge is 0.224 e. The van der Waals surface area contributed by atoms with E-state index in [2.05, 4.69) is 10.6 Å². The number of hydrogen-bond acceptors (Lipinski definition) is 2. The third-order valence-electron chi connectivity index (χ3n) is 3.06. The molecular formula is C14H18N2O2. The van der Waals surface area contributed by atoms with Crippen molar-refractivity contribution in [2.24, 2.45) is 0 Å². The van der Waals surface area contributed by atoms with Crippen LogP contribution in [0.1, 0.15) is 24.0 Å². The van der Waals surface area contributed by atoms with E-state index in [1.54, 1.807) is 0 Å². The molecule has 0 aliphatic carbocycles. The minimum Gasteiger partial charge on any atom is -0.356 e. The predicted molar refractivity (Wildman–Crippen MR) is 69.1 cm³/mol. The maximum absolute atomic E-state index is 11.9. The SMILES string of the molecule is Cc1cccc(CC(=O)NC2CCNC(=O)C2)c1. The summed E-state index contributed by atoms with van der Waals surface area (Å²) in [6.45, 7) is 2.65. The Morgan fingerprint density at radius 2 is 2.33 bits per heavy atom. The molecular weight excluding hydrogens is 228 g/mol. The Morgan fingerprint density at radius 1 is 1.50 bits per heavy atom. The topological polar surface area (TPSA) is 58.2 Å². The van der Waals surface area contributed by atoms with Gasteiger partial charge in [0.25, 0.3) is 0 Å². The highest BCUT2D eigenvalue weighted by molar-refractivity contribution is 5.81. The maximum atomic E-state index is 11.9. The Labute approximate surface area is 107 Å². The van der Waals surface area contributed by atoms with E-state index < -0.39 is 0 Å². The standard InChI is InChI=1S/C14H18N2O2/c1-10-3-2-4-11(7-10)8-14(18)16-12-5-6-15-13(17)9-12/h2-4,7,12H,5-6,8-9H2,1H3,(H,15,17)(H,16,18). The zero-order valence-electron chi connectivity index (χ0n) is 10.5. The molecule has 1 saturated heterocycles. The number of rotatable bonds is 3. The van der Waals surface area contributed by atoms with Crippen molar-refractivity contribution in [2.45, 2.75) is 32.2 Å². The van der Waals surface area contributed by atoms with Gasteiger partial charge < -0.3 is 10.6 Å². The number of nitrogens with one attached hydrogen (secondary N) is 2. The lowest BCUT2D eigenvalue weighted by atomic mass is 10.0. The average molecular weight is 246 g/mol.